The fourth-order valence-corrected chi connectivity index (χ4v) is 2.51. The van der Waals surface area contributed by atoms with Gasteiger partial charge in [-0.2, -0.15) is 0 Å². The molecule has 1 aromatic heterocycles. The third kappa shape index (κ3) is 2.40. The standard InChI is InChI=1S/C13H18N2O2/c1-2-15(10-5-3-4-6-10)13(17)11-7-8-14-9-12(11)16/h7-10,16H,2-6H2,1H3. The van der Waals surface area contributed by atoms with Crippen molar-refractivity contribution in [1.29, 1.82) is 0 Å². The van der Waals surface area contributed by atoms with Crippen LogP contribution < -0.4 is 0 Å². The van der Waals surface area contributed by atoms with Gasteiger partial charge in [0.2, 0.25) is 0 Å². The van der Waals surface area contributed by atoms with Crippen LogP contribution in [0.15, 0.2) is 18.5 Å². The van der Waals surface area contributed by atoms with E-state index in [4.69, 9.17) is 0 Å². The molecule has 1 heterocycles. The van der Waals surface area contributed by atoms with Gasteiger partial charge in [-0.05, 0) is 25.8 Å². The zero-order valence-electron chi connectivity index (χ0n) is 10.1. The third-order valence-corrected chi connectivity index (χ3v) is 3.40. The Hall–Kier alpha value is -1.58. The third-order valence-electron chi connectivity index (χ3n) is 3.40. The fourth-order valence-electron chi connectivity index (χ4n) is 2.51. The Kier molecular flexibility index (Phi) is 3.61. The first-order valence-corrected chi connectivity index (χ1v) is 6.18. The molecule has 0 aliphatic heterocycles. The predicted octanol–water partition coefficient (Wildman–Crippen LogP) is 2.19. The summed E-state index contributed by atoms with van der Waals surface area (Å²) in [5.41, 5.74) is 0.355. The van der Waals surface area contributed by atoms with Crippen LogP contribution in [0.2, 0.25) is 0 Å². The predicted molar refractivity (Wildman–Crippen MR) is 64.9 cm³/mol. The molecule has 1 fully saturated rings. The summed E-state index contributed by atoms with van der Waals surface area (Å²) in [5, 5.41) is 9.66. The minimum atomic E-state index is -0.0840. The van der Waals surface area contributed by atoms with Gasteiger partial charge in [-0.15, -0.1) is 0 Å². The monoisotopic (exact) mass is 234 g/mol. The van der Waals surface area contributed by atoms with Gasteiger partial charge >= 0.3 is 0 Å². The first-order valence-electron chi connectivity index (χ1n) is 6.18. The SMILES string of the molecule is CCN(C(=O)c1ccncc1O)C1CCCC1. The Bertz CT molecular complexity index is 400. The quantitative estimate of drug-likeness (QED) is 0.872. The van der Waals surface area contributed by atoms with E-state index >= 15 is 0 Å². The van der Waals surface area contributed by atoms with Crippen molar-refractivity contribution in [1.82, 2.24) is 9.88 Å². The van der Waals surface area contributed by atoms with E-state index in [0.717, 1.165) is 12.8 Å². The molecule has 4 nitrogen and oxygen atoms in total. The molecule has 0 atom stereocenters. The molecule has 0 radical (unpaired) electrons. The summed E-state index contributed by atoms with van der Waals surface area (Å²) < 4.78 is 0. The Morgan fingerprint density at radius 1 is 1.53 bits per heavy atom. The van der Waals surface area contributed by atoms with Crippen molar-refractivity contribution in [2.75, 3.05) is 6.54 Å². The number of aromatic nitrogens is 1. The van der Waals surface area contributed by atoms with Gasteiger partial charge < -0.3 is 10.0 Å². The number of hydrogen-bond donors (Lipinski definition) is 1. The highest BCUT2D eigenvalue weighted by molar-refractivity contribution is 5.96. The number of carbonyl (C=O) groups excluding carboxylic acids is 1. The Balaban J connectivity index is 2.20. The lowest BCUT2D eigenvalue weighted by Gasteiger charge is -2.27. The molecule has 0 aromatic carbocycles. The lowest BCUT2D eigenvalue weighted by atomic mass is 10.1. The van der Waals surface area contributed by atoms with Gasteiger partial charge in [0.25, 0.3) is 5.91 Å². The second-order valence-electron chi connectivity index (χ2n) is 4.42. The molecule has 1 aromatic rings. The van der Waals surface area contributed by atoms with Gasteiger partial charge in [0.05, 0.1) is 11.8 Å². The average Bonchev–Trinajstić information content (AvgIpc) is 2.84. The smallest absolute Gasteiger partial charge is 0.257 e. The molecule has 1 aliphatic carbocycles. The first-order chi connectivity index (χ1) is 8.24. The molecular weight excluding hydrogens is 216 g/mol. The highest BCUT2D eigenvalue weighted by atomic mass is 16.3. The maximum atomic E-state index is 12.3. The average molecular weight is 234 g/mol. The molecular formula is C13H18N2O2. The summed E-state index contributed by atoms with van der Waals surface area (Å²) in [6, 6.07) is 1.91. The molecule has 92 valence electrons. The van der Waals surface area contributed by atoms with Crippen LogP contribution in [0.1, 0.15) is 43.0 Å². The van der Waals surface area contributed by atoms with Crippen molar-refractivity contribution < 1.29 is 9.90 Å². The number of carbonyl (C=O) groups is 1. The molecule has 0 saturated heterocycles. The lowest BCUT2D eigenvalue weighted by molar-refractivity contribution is 0.0690. The molecule has 0 unspecified atom stereocenters. The second-order valence-corrected chi connectivity index (χ2v) is 4.42. The van der Waals surface area contributed by atoms with Crippen LogP contribution in [-0.2, 0) is 0 Å². The van der Waals surface area contributed by atoms with Gasteiger partial charge in [0.1, 0.15) is 5.75 Å². The van der Waals surface area contributed by atoms with Crippen LogP contribution in [0.3, 0.4) is 0 Å². The normalized spacial score (nSPS) is 16.1. The summed E-state index contributed by atoms with van der Waals surface area (Å²) in [7, 11) is 0. The van der Waals surface area contributed by atoms with Crippen molar-refractivity contribution >= 4 is 5.91 Å². The maximum absolute atomic E-state index is 12.3. The first kappa shape index (κ1) is 11.9. The number of pyridine rings is 1. The minimum Gasteiger partial charge on any atom is -0.505 e. The zero-order valence-corrected chi connectivity index (χ0v) is 10.1. The van der Waals surface area contributed by atoms with E-state index in [1.54, 1.807) is 6.07 Å². The summed E-state index contributed by atoms with van der Waals surface area (Å²) in [6.45, 7) is 2.67. The van der Waals surface area contributed by atoms with Crippen LogP contribution in [0.5, 0.6) is 5.75 Å². The maximum Gasteiger partial charge on any atom is 0.257 e. The molecule has 1 amide bonds. The van der Waals surface area contributed by atoms with E-state index in [9.17, 15) is 9.90 Å². The van der Waals surface area contributed by atoms with E-state index in [0.29, 0.717) is 18.2 Å². The summed E-state index contributed by atoms with van der Waals surface area (Å²) >= 11 is 0. The molecule has 4 heteroatoms. The Morgan fingerprint density at radius 2 is 2.24 bits per heavy atom. The topological polar surface area (TPSA) is 53.4 Å². The Labute approximate surface area is 101 Å². The van der Waals surface area contributed by atoms with Gasteiger partial charge in [-0.3, -0.25) is 9.78 Å². The van der Waals surface area contributed by atoms with E-state index in [2.05, 4.69) is 4.98 Å². The molecule has 0 bridgehead atoms. The fraction of sp³-hybridized carbons (Fsp3) is 0.538. The van der Waals surface area contributed by atoms with E-state index < -0.39 is 0 Å². The van der Waals surface area contributed by atoms with E-state index in [1.165, 1.54) is 25.2 Å². The van der Waals surface area contributed by atoms with Crippen LogP contribution in [0, 0.1) is 0 Å². The number of amides is 1. The molecule has 0 spiro atoms. The molecule has 2 rings (SSSR count). The molecule has 1 saturated carbocycles. The van der Waals surface area contributed by atoms with Crippen LogP contribution in [0.4, 0.5) is 0 Å². The number of aromatic hydroxyl groups is 1. The lowest BCUT2D eigenvalue weighted by Crippen LogP contribution is -2.38. The molecule has 1 N–H and O–H groups in total. The van der Waals surface area contributed by atoms with Crippen molar-refractivity contribution in [3.05, 3.63) is 24.0 Å². The molecule has 17 heavy (non-hydrogen) atoms. The highest BCUT2D eigenvalue weighted by Crippen LogP contribution is 2.26. The second kappa shape index (κ2) is 5.17. The van der Waals surface area contributed by atoms with Crippen molar-refractivity contribution in [2.45, 2.75) is 38.6 Å². The van der Waals surface area contributed by atoms with Crippen LogP contribution in [0.25, 0.3) is 0 Å². The van der Waals surface area contributed by atoms with Crippen molar-refractivity contribution in [3.8, 4) is 5.75 Å². The largest absolute Gasteiger partial charge is 0.505 e. The van der Waals surface area contributed by atoms with E-state index in [-0.39, 0.29) is 11.7 Å². The summed E-state index contributed by atoms with van der Waals surface area (Å²) in [4.78, 5) is 18.0. The van der Waals surface area contributed by atoms with Crippen LogP contribution >= 0.6 is 0 Å². The highest BCUT2D eigenvalue weighted by Gasteiger charge is 2.27. The summed E-state index contributed by atoms with van der Waals surface area (Å²) in [5.74, 6) is -0.117. The van der Waals surface area contributed by atoms with Gasteiger partial charge in [0.15, 0.2) is 0 Å². The Morgan fingerprint density at radius 3 is 2.82 bits per heavy atom. The van der Waals surface area contributed by atoms with Gasteiger partial charge in [-0.25, -0.2) is 0 Å². The van der Waals surface area contributed by atoms with Crippen molar-refractivity contribution in [2.24, 2.45) is 0 Å². The van der Waals surface area contributed by atoms with Crippen molar-refractivity contribution in [3.63, 3.8) is 0 Å². The molecule has 1 aliphatic rings. The number of nitrogens with zero attached hydrogens (tertiary/aromatic N) is 2. The zero-order chi connectivity index (χ0) is 12.3. The number of rotatable bonds is 3. The summed E-state index contributed by atoms with van der Waals surface area (Å²) in [6.07, 6.45) is 7.38. The van der Waals surface area contributed by atoms with Crippen LogP contribution in [-0.4, -0.2) is 33.5 Å². The number of hydrogen-bond acceptors (Lipinski definition) is 3. The van der Waals surface area contributed by atoms with E-state index in [1.807, 2.05) is 11.8 Å². The van der Waals surface area contributed by atoms with Gasteiger partial charge in [-0.1, -0.05) is 12.8 Å². The minimum absolute atomic E-state index is 0.0334. The van der Waals surface area contributed by atoms with Gasteiger partial charge in [0, 0.05) is 18.8 Å².